The molecule has 1 atom stereocenters. The quantitative estimate of drug-likeness (QED) is 0.818. The molecule has 142 valence electrons. The monoisotopic (exact) mass is 402 g/mol. The second-order valence-corrected chi connectivity index (χ2v) is 8.79. The van der Waals surface area contributed by atoms with Gasteiger partial charge in [0.15, 0.2) is 0 Å². The zero-order valence-corrected chi connectivity index (χ0v) is 16.7. The van der Waals surface area contributed by atoms with E-state index in [4.69, 9.17) is 11.6 Å². The molecule has 2 aliphatic rings. The standard InChI is InChI=1S/C21H23ClN2O2S/c22-18-5-3-17(4-6-18)21(8-9-21)20(26)23-12-15-2-1-10-24(13-15)19(25)16-7-11-27-14-16/h3-7,11,14-15H,1-2,8-10,12-13H2,(H,23,26). The molecule has 2 fully saturated rings. The predicted octanol–water partition coefficient (Wildman–Crippen LogP) is 4.10. The molecule has 2 aromatic rings. The summed E-state index contributed by atoms with van der Waals surface area (Å²) in [6.07, 6.45) is 3.79. The van der Waals surface area contributed by atoms with E-state index in [1.807, 2.05) is 46.0 Å². The number of carbonyl (C=O) groups excluding carboxylic acids is 2. The van der Waals surface area contributed by atoms with Crippen LogP contribution in [0.2, 0.25) is 5.02 Å². The number of nitrogens with one attached hydrogen (secondary N) is 1. The molecule has 6 heteroatoms. The van der Waals surface area contributed by atoms with Crippen molar-refractivity contribution in [1.82, 2.24) is 10.2 Å². The largest absolute Gasteiger partial charge is 0.355 e. The Labute approximate surface area is 168 Å². The highest BCUT2D eigenvalue weighted by atomic mass is 35.5. The molecule has 1 saturated carbocycles. The van der Waals surface area contributed by atoms with E-state index in [1.165, 1.54) is 0 Å². The third-order valence-corrected chi connectivity index (χ3v) is 6.64. The molecular formula is C21H23ClN2O2S. The molecule has 4 rings (SSSR count). The van der Waals surface area contributed by atoms with Crippen LogP contribution in [0.25, 0.3) is 0 Å². The molecule has 2 amide bonds. The van der Waals surface area contributed by atoms with Gasteiger partial charge in [-0.05, 0) is 60.7 Å². The van der Waals surface area contributed by atoms with Gasteiger partial charge in [-0.2, -0.15) is 11.3 Å². The number of halogens is 1. The molecule has 1 aromatic carbocycles. The fourth-order valence-electron chi connectivity index (χ4n) is 3.93. The molecular weight excluding hydrogens is 380 g/mol. The number of piperidine rings is 1. The first-order valence-corrected chi connectivity index (χ1v) is 10.8. The third kappa shape index (κ3) is 3.90. The van der Waals surface area contributed by atoms with E-state index in [-0.39, 0.29) is 17.2 Å². The average molecular weight is 403 g/mol. The Morgan fingerprint density at radius 2 is 2.00 bits per heavy atom. The van der Waals surface area contributed by atoms with Gasteiger partial charge in [0.2, 0.25) is 5.91 Å². The Kier molecular flexibility index (Phi) is 5.24. The first kappa shape index (κ1) is 18.5. The zero-order chi connectivity index (χ0) is 18.9. The third-order valence-electron chi connectivity index (χ3n) is 5.71. The van der Waals surface area contributed by atoms with Crippen molar-refractivity contribution in [2.75, 3.05) is 19.6 Å². The fourth-order valence-corrected chi connectivity index (χ4v) is 4.69. The van der Waals surface area contributed by atoms with Crippen LogP contribution in [0.3, 0.4) is 0 Å². The van der Waals surface area contributed by atoms with Gasteiger partial charge in [0, 0.05) is 30.0 Å². The van der Waals surface area contributed by atoms with Crippen molar-refractivity contribution in [2.24, 2.45) is 5.92 Å². The van der Waals surface area contributed by atoms with Gasteiger partial charge in [-0.3, -0.25) is 9.59 Å². The smallest absolute Gasteiger partial charge is 0.254 e. The van der Waals surface area contributed by atoms with Gasteiger partial charge in [0.1, 0.15) is 0 Å². The molecule has 1 saturated heterocycles. The summed E-state index contributed by atoms with van der Waals surface area (Å²) >= 11 is 7.51. The van der Waals surface area contributed by atoms with E-state index in [9.17, 15) is 9.59 Å². The minimum Gasteiger partial charge on any atom is -0.355 e. The van der Waals surface area contributed by atoms with Crippen molar-refractivity contribution in [2.45, 2.75) is 31.1 Å². The van der Waals surface area contributed by atoms with Gasteiger partial charge in [0.05, 0.1) is 11.0 Å². The summed E-state index contributed by atoms with van der Waals surface area (Å²) in [4.78, 5) is 27.3. The van der Waals surface area contributed by atoms with Crippen LogP contribution in [0.4, 0.5) is 0 Å². The van der Waals surface area contributed by atoms with E-state index >= 15 is 0 Å². The van der Waals surface area contributed by atoms with Crippen LogP contribution in [0.15, 0.2) is 41.1 Å². The summed E-state index contributed by atoms with van der Waals surface area (Å²) < 4.78 is 0. The molecule has 2 heterocycles. The maximum Gasteiger partial charge on any atom is 0.254 e. The van der Waals surface area contributed by atoms with Gasteiger partial charge in [-0.1, -0.05) is 23.7 Å². The summed E-state index contributed by atoms with van der Waals surface area (Å²) in [7, 11) is 0. The second kappa shape index (κ2) is 7.64. The van der Waals surface area contributed by atoms with Crippen LogP contribution < -0.4 is 5.32 Å². The summed E-state index contributed by atoms with van der Waals surface area (Å²) in [6, 6.07) is 9.48. The summed E-state index contributed by atoms with van der Waals surface area (Å²) in [5, 5.41) is 7.67. The lowest BCUT2D eigenvalue weighted by Crippen LogP contribution is -2.45. The predicted molar refractivity (Wildman–Crippen MR) is 108 cm³/mol. The van der Waals surface area contributed by atoms with E-state index < -0.39 is 0 Å². The number of rotatable bonds is 5. The molecule has 1 N–H and O–H groups in total. The Balaban J connectivity index is 1.34. The van der Waals surface area contributed by atoms with Gasteiger partial charge in [-0.15, -0.1) is 0 Å². The molecule has 1 aliphatic heterocycles. The highest BCUT2D eigenvalue weighted by Gasteiger charge is 2.51. The Bertz CT molecular complexity index is 815. The number of hydrogen-bond acceptors (Lipinski definition) is 3. The fraction of sp³-hybridized carbons (Fsp3) is 0.429. The first-order chi connectivity index (χ1) is 13.1. The maximum absolute atomic E-state index is 12.8. The van der Waals surface area contributed by atoms with Crippen molar-refractivity contribution in [1.29, 1.82) is 0 Å². The van der Waals surface area contributed by atoms with E-state index in [0.717, 1.165) is 43.4 Å². The highest BCUT2D eigenvalue weighted by molar-refractivity contribution is 7.08. The van der Waals surface area contributed by atoms with E-state index in [0.29, 0.717) is 24.0 Å². The van der Waals surface area contributed by atoms with Crippen LogP contribution >= 0.6 is 22.9 Å². The van der Waals surface area contributed by atoms with Gasteiger partial charge in [-0.25, -0.2) is 0 Å². The van der Waals surface area contributed by atoms with Crippen LogP contribution in [-0.4, -0.2) is 36.3 Å². The summed E-state index contributed by atoms with van der Waals surface area (Å²) in [5.74, 6) is 0.518. The first-order valence-electron chi connectivity index (χ1n) is 9.44. The molecule has 27 heavy (non-hydrogen) atoms. The Morgan fingerprint density at radius 1 is 1.22 bits per heavy atom. The summed E-state index contributed by atoms with van der Waals surface area (Å²) in [6.45, 7) is 2.14. The molecule has 0 radical (unpaired) electrons. The topological polar surface area (TPSA) is 49.4 Å². The number of thiophene rings is 1. The lowest BCUT2D eigenvalue weighted by atomic mass is 9.93. The van der Waals surface area contributed by atoms with Crippen LogP contribution in [0.5, 0.6) is 0 Å². The molecule has 1 unspecified atom stereocenters. The molecule has 0 bridgehead atoms. The zero-order valence-electron chi connectivity index (χ0n) is 15.1. The minimum atomic E-state index is -0.383. The van der Waals surface area contributed by atoms with Crippen LogP contribution in [-0.2, 0) is 10.2 Å². The highest BCUT2D eigenvalue weighted by Crippen LogP contribution is 2.48. The molecule has 1 aliphatic carbocycles. The van der Waals surface area contributed by atoms with Gasteiger partial charge >= 0.3 is 0 Å². The molecule has 1 aromatic heterocycles. The van der Waals surface area contributed by atoms with E-state index in [1.54, 1.807) is 11.3 Å². The molecule has 0 spiro atoms. The number of carbonyl (C=O) groups is 2. The van der Waals surface area contributed by atoms with Crippen molar-refractivity contribution in [3.8, 4) is 0 Å². The van der Waals surface area contributed by atoms with Crippen LogP contribution in [0.1, 0.15) is 41.6 Å². The average Bonchev–Trinajstić information content (AvgIpc) is 3.32. The Morgan fingerprint density at radius 3 is 2.67 bits per heavy atom. The van der Waals surface area contributed by atoms with Crippen molar-refractivity contribution in [3.63, 3.8) is 0 Å². The number of hydrogen-bond donors (Lipinski definition) is 1. The lowest BCUT2D eigenvalue weighted by Gasteiger charge is -2.33. The Hall–Kier alpha value is -1.85. The van der Waals surface area contributed by atoms with Crippen molar-refractivity contribution in [3.05, 3.63) is 57.2 Å². The van der Waals surface area contributed by atoms with E-state index in [2.05, 4.69) is 5.32 Å². The van der Waals surface area contributed by atoms with Crippen molar-refractivity contribution < 1.29 is 9.59 Å². The van der Waals surface area contributed by atoms with Crippen LogP contribution in [0, 0.1) is 5.92 Å². The lowest BCUT2D eigenvalue weighted by molar-refractivity contribution is -0.123. The van der Waals surface area contributed by atoms with Crippen molar-refractivity contribution >= 4 is 34.8 Å². The SMILES string of the molecule is O=C(c1ccsc1)N1CCCC(CNC(=O)C2(c3ccc(Cl)cc3)CC2)C1. The number of likely N-dealkylation sites (tertiary alicyclic amines) is 1. The normalized spacial score (nSPS) is 20.9. The minimum absolute atomic E-state index is 0.103. The van der Waals surface area contributed by atoms with Gasteiger partial charge in [0.25, 0.3) is 5.91 Å². The number of nitrogens with zero attached hydrogens (tertiary/aromatic N) is 1. The summed E-state index contributed by atoms with van der Waals surface area (Å²) in [5.41, 5.74) is 1.43. The van der Waals surface area contributed by atoms with Gasteiger partial charge < -0.3 is 10.2 Å². The number of benzene rings is 1. The molecule has 4 nitrogen and oxygen atoms in total. The number of amides is 2. The maximum atomic E-state index is 12.8. The second-order valence-electron chi connectivity index (χ2n) is 7.57.